The molecule has 0 saturated heterocycles. The van der Waals surface area contributed by atoms with Crippen LogP contribution in [0.25, 0.3) is 0 Å². The van der Waals surface area contributed by atoms with Crippen LogP contribution in [-0.2, 0) is 0 Å². The molecule has 11 heavy (non-hydrogen) atoms. The van der Waals surface area contributed by atoms with E-state index in [1.807, 2.05) is 0 Å². The van der Waals surface area contributed by atoms with Crippen molar-refractivity contribution in [2.75, 3.05) is 13.1 Å². The molecule has 1 aliphatic rings. The molecule has 0 fully saturated rings. The third kappa shape index (κ3) is 3.06. The van der Waals surface area contributed by atoms with Crippen LogP contribution in [0, 0.1) is 0 Å². The van der Waals surface area contributed by atoms with Gasteiger partial charge in [-0.2, -0.15) is 13.2 Å². The number of hydrogen-bond acceptors (Lipinski definition) is 2. The Morgan fingerprint density at radius 2 is 2.18 bits per heavy atom. The van der Waals surface area contributed by atoms with Gasteiger partial charge < -0.3 is 5.32 Å². The molecule has 0 aromatic heterocycles. The van der Waals surface area contributed by atoms with Gasteiger partial charge in [0.15, 0.2) is 0 Å². The molecule has 0 saturated carbocycles. The van der Waals surface area contributed by atoms with Gasteiger partial charge in [-0.3, -0.25) is 4.99 Å². The van der Waals surface area contributed by atoms with Gasteiger partial charge in [-0.15, -0.1) is 0 Å². The Morgan fingerprint density at radius 3 is 2.64 bits per heavy atom. The van der Waals surface area contributed by atoms with Crippen LogP contribution in [0.3, 0.4) is 0 Å². The topological polar surface area (TPSA) is 24.4 Å². The Labute approximate surface area is 61.8 Å². The van der Waals surface area contributed by atoms with Gasteiger partial charge in [0.25, 0.3) is 0 Å². The van der Waals surface area contributed by atoms with Crippen LogP contribution in [0.4, 0.5) is 13.2 Å². The summed E-state index contributed by atoms with van der Waals surface area (Å²) in [6.45, 7) is 1.18. The van der Waals surface area contributed by atoms with Crippen molar-refractivity contribution in [3.8, 4) is 0 Å². The van der Waals surface area contributed by atoms with Crippen molar-refractivity contribution in [3.05, 3.63) is 12.2 Å². The molecular formula is C6H7F3N2. The molecule has 1 N–H and O–H groups in total. The highest BCUT2D eigenvalue weighted by Gasteiger charge is 2.22. The van der Waals surface area contributed by atoms with Crippen molar-refractivity contribution in [2.24, 2.45) is 4.99 Å². The Hall–Kier alpha value is -1.00. The highest BCUT2D eigenvalue weighted by molar-refractivity contribution is 5.94. The summed E-state index contributed by atoms with van der Waals surface area (Å²) in [6.07, 6.45) is -3.13. The minimum atomic E-state index is -4.24. The number of nitrogens with one attached hydrogen (secondary N) is 1. The molecule has 5 heteroatoms. The van der Waals surface area contributed by atoms with E-state index in [9.17, 15) is 13.2 Å². The van der Waals surface area contributed by atoms with E-state index in [2.05, 4.69) is 10.3 Å². The van der Waals surface area contributed by atoms with Crippen LogP contribution in [0.2, 0.25) is 0 Å². The number of aliphatic imine (C=N–C) groups is 1. The Balaban J connectivity index is 2.47. The summed E-state index contributed by atoms with van der Waals surface area (Å²) in [4.78, 5) is 3.76. The minimum absolute atomic E-state index is 0.171. The lowest BCUT2D eigenvalue weighted by molar-refractivity contribution is -0.0797. The number of amidine groups is 1. The first-order valence-corrected chi connectivity index (χ1v) is 3.12. The third-order valence-corrected chi connectivity index (χ3v) is 1.13. The fraction of sp³-hybridized carbons (Fsp3) is 0.500. The predicted octanol–water partition coefficient (Wildman–Crippen LogP) is 1.11. The molecule has 0 bridgehead atoms. The molecule has 0 aliphatic carbocycles. The molecule has 2 nitrogen and oxygen atoms in total. The maximum atomic E-state index is 11.5. The van der Waals surface area contributed by atoms with Gasteiger partial charge >= 0.3 is 6.18 Å². The first-order chi connectivity index (χ1) is 5.08. The van der Waals surface area contributed by atoms with E-state index in [-0.39, 0.29) is 6.08 Å². The highest BCUT2D eigenvalue weighted by Crippen LogP contribution is 2.15. The Kier molecular flexibility index (Phi) is 2.16. The highest BCUT2D eigenvalue weighted by atomic mass is 19.4. The Morgan fingerprint density at radius 1 is 1.45 bits per heavy atom. The zero-order valence-electron chi connectivity index (χ0n) is 5.65. The molecule has 0 atom stereocenters. The maximum Gasteiger partial charge on any atom is 0.409 e. The smallest absolute Gasteiger partial charge is 0.369 e. The quantitative estimate of drug-likeness (QED) is 0.616. The minimum Gasteiger partial charge on any atom is -0.369 e. The van der Waals surface area contributed by atoms with Crippen LogP contribution in [-0.4, -0.2) is 25.1 Å². The normalized spacial score (nSPS) is 18.6. The van der Waals surface area contributed by atoms with Gasteiger partial charge in [0.1, 0.15) is 5.84 Å². The number of alkyl halides is 3. The summed E-state index contributed by atoms with van der Waals surface area (Å²) in [7, 11) is 0. The first kappa shape index (κ1) is 8.10. The zero-order chi connectivity index (χ0) is 8.32. The van der Waals surface area contributed by atoms with Gasteiger partial charge in [0.2, 0.25) is 0 Å². The molecule has 0 amide bonds. The van der Waals surface area contributed by atoms with Gasteiger partial charge in [-0.25, -0.2) is 0 Å². The van der Waals surface area contributed by atoms with Gasteiger partial charge in [0, 0.05) is 12.6 Å². The second-order valence-corrected chi connectivity index (χ2v) is 2.07. The van der Waals surface area contributed by atoms with Crippen molar-refractivity contribution in [3.63, 3.8) is 0 Å². The standard InChI is InChI=1S/C6H7F3N2/c7-6(8,9)2-1-5-10-3-4-11-5/h1-2H,3-4H2,(H,10,11). The Bertz CT molecular complexity index is 192. The summed E-state index contributed by atoms with van der Waals surface area (Å²) < 4.78 is 34.6. The second-order valence-electron chi connectivity index (χ2n) is 2.07. The van der Waals surface area contributed by atoms with Crippen molar-refractivity contribution in [1.29, 1.82) is 0 Å². The summed E-state index contributed by atoms with van der Waals surface area (Å²) in [5.41, 5.74) is 0. The van der Waals surface area contributed by atoms with Crippen LogP contribution in [0.1, 0.15) is 0 Å². The number of allylic oxidation sites excluding steroid dienone is 1. The number of rotatable bonds is 1. The number of hydrogen-bond donors (Lipinski definition) is 1. The number of halogens is 3. The molecule has 0 spiro atoms. The molecule has 62 valence electrons. The van der Waals surface area contributed by atoms with Gasteiger partial charge in [0.05, 0.1) is 6.54 Å². The molecule has 0 unspecified atom stereocenters. The van der Waals surface area contributed by atoms with Crippen LogP contribution in [0.15, 0.2) is 17.1 Å². The van der Waals surface area contributed by atoms with Crippen LogP contribution < -0.4 is 5.32 Å². The average Bonchev–Trinajstić information content (AvgIpc) is 2.32. The van der Waals surface area contributed by atoms with E-state index in [1.165, 1.54) is 0 Å². The summed E-state index contributed by atoms with van der Waals surface area (Å²) in [5.74, 6) is 0.308. The summed E-state index contributed by atoms with van der Waals surface area (Å²) >= 11 is 0. The second kappa shape index (κ2) is 2.94. The van der Waals surface area contributed by atoms with E-state index in [1.54, 1.807) is 0 Å². The lowest BCUT2D eigenvalue weighted by Crippen LogP contribution is -2.16. The summed E-state index contributed by atoms with van der Waals surface area (Å²) in [5, 5.41) is 2.69. The van der Waals surface area contributed by atoms with Crippen LogP contribution >= 0.6 is 0 Å². The molecule has 0 aromatic rings. The fourth-order valence-corrected chi connectivity index (χ4v) is 0.701. The van der Waals surface area contributed by atoms with Crippen molar-refractivity contribution >= 4 is 5.84 Å². The maximum absolute atomic E-state index is 11.5. The van der Waals surface area contributed by atoms with Gasteiger partial charge in [-0.05, 0) is 6.08 Å². The lowest BCUT2D eigenvalue weighted by atomic mass is 10.4. The first-order valence-electron chi connectivity index (χ1n) is 3.12. The number of nitrogens with zero attached hydrogens (tertiary/aromatic N) is 1. The molecule has 1 heterocycles. The average molecular weight is 164 g/mol. The molecule has 0 aromatic carbocycles. The SMILES string of the molecule is FC(F)(F)C=CC1=NCCN1. The molecule has 0 radical (unpaired) electrons. The molecule has 1 rings (SSSR count). The van der Waals surface area contributed by atoms with Crippen molar-refractivity contribution in [2.45, 2.75) is 6.18 Å². The zero-order valence-corrected chi connectivity index (χ0v) is 5.65. The monoisotopic (exact) mass is 164 g/mol. The van der Waals surface area contributed by atoms with Gasteiger partial charge in [-0.1, -0.05) is 0 Å². The molecular weight excluding hydrogens is 157 g/mol. The van der Waals surface area contributed by atoms with E-state index >= 15 is 0 Å². The van der Waals surface area contributed by atoms with E-state index in [0.29, 0.717) is 18.9 Å². The van der Waals surface area contributed by atoms with Crippen molar-refractivity contribution < 1.29 is 13.2 Å². The third-order valence-electron chi connectivity index (χ3n) is 1.13. The van der Waals surface area contributed by atoms with Crippen LogP contribution in [0.5, 0.6) is 0 Å². The van der Waals surface area contributed by atoms with E-state index in [4.69, 9.17) is 0 Å². The fourth-order valence-electron chi connectivity index (χ4n) is 0.701. The van der Waals surface area contributed by atoms with E-state index < -0.39 is 6.18 Å². The summed E-state index contributed by atoms with van der Waals surface area (Å²) in [6, 6.07) is 0. The molecule has 1 aliphatic heterocycles. The predicted molar refractivity (Wildman–Crippen MR) is 35.5 cm³/mol. The van der Waals surface area contributed by atoms with E-state index in [0.717, 1.165) is 6.08 Å². The lowest BCUT2D eigenvalue weighted by Gasteiger charge is -1.97. The largest absolute Gasteiger partial charge is 0.409 e. The van der Waals surface area contributed by atoms with Crippen molar-refractivity contribution in [1.82, 2.24) is 5.32 Å².